The summed E-state index contributed by atoms with van der Waals surface area (Å²) in [5.74, 6) is 0.413. The first-order valence-corrected chi connectivity index (χ1v) is 8.16. The number of halogens is 2. The van der Waals surface area contributed by atoms with Crippen LogP contribution in [-0.2, 0) is 10.8 Å². The maximum Gasteiger partial charge on any atom is 0.391 e. The topological polar surface area (TPSA) is 49.7 Å². The van der Waals surface area contributed by atoms with Crippen LogP contribution in [0.1, 0.15) is 52.7 Å². The minimum atomic E-state index is -2.53. The second-order valence-corrected chi connectivity index (χ2v) is 8.24. The van der Waals surface area contributed by atoms with Gasteiger partial charge in [-0.25, -0.2) is 0 Å². The highest BCUT2D eigenvalue weighted by atomic mass is 35.5. The summed E-state index contributed by atoms with van der Waals surface area (Å²) in [4.78, 5) is 18.5. The predicted molar refractivity (Wildman–Crippen MR) is 85.8 cm³/mol. The molecule has 0 aliphatic rings. The van der Waals surface area contributed by atoms with Crippen LogP contribution in [0.2, 0.25) is 10.0 Å². The van der Waals surface area contributed by atoms with Crippen LogP contribution < -0.4 is 4.52 Å². The van der Waals surface area contributed by atoms with Crippen LogP contribution >= 0.6 is 31.8 Å². The Labute approximate surface area is 131 Å². The first-order chi connectivity index (χ1) is 8.85. The molecule has 0 aliphatic carbocycles. The van der Waals surface area contributed by atoms with E-state index in [-0.39, 0.29) is 10.8 Å². The molecule has 0 aliphatic heterocycles. The summed E-state index contributed by atoms with van der Waals surface area (Å²) in [5, 5.41) is 0.827. The number of hydrogen-bond donors (Lipinski definition) is 2. The van der Waals surface area contributed by atoms with Crippen molar-refractivity contribution in [1.29, 1.82) is 0 Å². The molecule has 0 saturated carbocycles. The van der Waals surface area contributed by atoms with E-state index >= 15 is 0 Å². The van der Waals surface area contributed by atoms with Gasteiger partial charge in [-0.05, 0) is 16.9 Å². The van der Waals surface area contributed by atoms with Crippen molar-refractivity contribution in [3.05, 3.63) is 27.2 Å². The third-order valence-corrected chi connectivity index (χ3v) is 4.04. The van der Waals surface area contributed by atoms with Crippen LogP contribution in [0.3, 0.4) is 0 Å². The van der Waals surface area contributed by atoms with E-state index in [2.05, 4.69) is 0 Å². The fourth-order valence-corrected chi connectivity index (χ4v) is 2.99. The van der Waals surface area contributed by atoms with Gasteiger partial charge in [0.1, 0.15) is 5.75 Å². The number of benzene rings is 1. The molecule has 1 aromatic rings. The van der Waals surface area contributed by atoms with Gasteiger partial charge in [0.15, 0.2) is 0 Å². The molecule has 114 valence electrons. The van der Waals surface area contributed by atoms with Crippen LogP contribution in [0, 0.1) is 0 Å². The normalized spacial score (nSPS) is 12.9. The van der Waals surface area contributed by atoms with E-state index in [4.69, 9.17) is 27.7 Å². The first kappa shape index (κ1) is 18.0. The highest BCUT2D eigenvalue weighted by molar-refractivity contribution is 7.39. The Bertz CT molecular complexity index is 503. The van der Waals surface area contributed by atoms with Gasteiger partial charge in [-0.3, -0.25) is 0 Å². The zero-order valence-electron chi connectivity index (χ0n) is 12.6. The Morgan fingerprint density at radius 3 is 1.85 bits per heavy atom. The van der Waals surface area contributed by atoms with E-state index in [0.717, 1.165) is 5.56 Å². The molecule has 0 amide bonds. The first-order valence-electron chi connectivity index (χ1n) is 6.24. The number of hydrogen-bond acceptors (Lipinski definition) is 3. The summed E-state index contributed by atoms with van der Waals surface area (Å²) in [6.45, 7) is 11.9. The number of rotatable bonds is 2. The second-order valence-electron chi connectivity index (χ2n) is 6.77. The Balaban J connectivity index is 3.75. The van der Waals surface area contributed by atoms with Crippen molar-refractivity contribution in [1.82, 2.24) is 0 Å². The van der Waals surface area contributed by atoms with Crippen LogP contribution in [0.25, 0.3) is 0 Å². The van der Waals surface area contributed by atoms with Crippen molar-refractivity contribution in [2.45, 2.75) is 52.4 Å². The van der Waals surface area contributed by atoms with Crippen molar-refractivity contribution in [3.63, 3.8) is 0 Å². The largest absolute Gasteiger partial charge is 0.426 e. The van der Waals surface area contributed by atoms with E-state index in [9.17, 15) is 9.79 Å². The van der Waals surface area contributed by atoms with Gasteiger partial charge in [-0.2, -0.15) is 0 Å². The molecule has 0 aromatic heterocycles. The molecule has 0 fully saturated rings. The molecular weight excluding hydrogens is 318 g/mol. The Morgan fingerprint density at radius 2 is 1.50 bits per heavy atom. The lowest BCUT2D eigenvalue weighted by Crippen LogP contribution is -2.19. The van der Waals surface area contributed by atoms with Crippen LogP contribution in [0.4, 0.5) is 0 Å². The molecule has 2 N–H and O–H groups in total. The lowest BCUT2D eigenvalue weighted by Gasteiger charge is -2.30. The average molecular weight is 339 g/mol. The monoisotopic (exact) mass is 338 g/mol. The standard InChI is InChI=1S/C14H21Cl2O3P/c1-13(2,3)8-7-9(15)11(16)10(14(4,5)6)12(8)19-20(17)18/h7,17-18H,1-6H3. The molecule has 0 radical (unpaired) electrons. The van der Waals surface area contributed by atoms with Crippen molar-refractivity contribution in [3.8, 4) is 5.75 Å². The van der Waals surface area contributed by atoms with Gasteiger partial charge in [0.25, 0.3) is 0 Å². The van der Waals surface area contributed by atoms with Gasteiger partial charge in [-0.1, -0.05) is 64.7 Å². The second kappa shape index (κ2) is 5.98. The van der Waals surface area contributed by atoms with E-state index in [1.807, 2.05) is 41.5 Å². The van der Waals surface area contributed by atoms with Crippen LogP contribution in [0.15, 0.2) is 6.07 Å². The fraction of sp³-hybridized carbons (Fsp3) is 0.571. The van der Waals surface area contributed by atoms with Gasteiger partial charge in [0.2, 0.25) is 0 Å². The van der Waals surface area contributed by atoms with Gasteiger partial charge in [0, 0.05) is 11.1 Å². The quantitative estimate of drug-likeness (QED) is 0.730. The SMILES string of the molecule is CC(C)(C)c1cc(Cl)c(Cl)c(C(C)(C)C)c1OP(O)O. The lowest BCUT2D eigenvalue weighted by atomic mass is 9.79. The Morgan fingerprint density at radius 1 is 1.00 bits per heavy atom. The minimum absolute atomic E-state index is 0.269. The molecule has 6 heteroatoms. The van der Waals surface area contributed by atoms with Gasteiger partial charge in [-0.15, -0.1) is 0 Å². The summed E-state index contributed by atoms with van der Waals surface area (Å²) in [7, 11) is -2.53. The molecule has 20 heavy (non-hydrogen) atoms. The summed E-state index contributed by atoms with van der Waals surface area (Å²) >= 11 is 12.6. The molecule has 3 nitrogen and oxygen atoms in total. The van der Waals surface area contributed by atoms with E-state index in [1.54, 1.807) is 6.07 Å². The molecule has 0 spiro atoms. The third-order valence-electron chi connectivity index (χ3n) is 2.90. The minimum Gasteiger partial charge on any atom is -0.426 e. The Kier molecular flexibility index (Phi) is 5.38. The average Bonchev–Trinajstić information content (AvgIpc) is 2.18. The van der Waals surface area contributed by atoms with E-state index in [0.29, 0.717) is 21.4 Å². The molecule has 0 atom stereocenters. The molecular formula is C14H21Cl2O3P. The smallest absolute Gasteiger partial charge is 0.391 e. The summed E-state index contributed by atoms with van der Waals surface area (Å²) in [5.41, 5.74) is 0.872. The Hall–Kier alpha value is -0.0500. The maximum atomic E-state index is 9.27. The van der Waals surface area contributed by atoms with Gasteiger partial charge >= 0.3 is 8.60 Å². The summed E-state index contributed by atoms with van der Waals surface area (Å²) < 4.78 is 5.30. The third kappa shape index (κ3) is 3.99. The van der Waals surface area contributed by atoms with Crippen LogP contribution in [0.5, 0.6) is 5.75 Å². The van der Waals surface area contributed by atoms with Crippen molar-refractivity contribution in [2.75, 3.05) is 0 Å². The van der Waals surface area contributed by atoms with Gasteiger partial charge < -0.3 is 14.3 Å². The fourth-order valence-electron chi connectivity index (χ4n) is 2.01. The zero-order chi connectivity index (χ0) is 15.9. The molecule has 0 heterocycles. The highest BCUT2D eigenvalue weighted by Gasteiger charge is 2.32. The van der Waals surface area contributed by atoms with Crippen molar-refractivity contribution >= 4 is 31.8 Å². The maximum absolute atomic E-state index is 9.27. The molecule has 0 saturated heterocycles. The molecule has 1 rings (SSSR count). The van der Waals surface area contributed by atoms with E-state index in [1.165, 1.54) is 0 Å². The molecule has 0 bridgehead atoms. The predicted octanol–water partition coefficient (Wildman–Crippen LogP) is 5.18. The molecule has 0 unspecified atom stereocenters. The lowest BCUT2D eigenvalue weighted by molar-refractivity contribution is 0.364. The van der Waals surface area contributed by atoms with E-state index < -0.39 is 8.60 Å². The zero-order valence-corrected chi connectivity index (χ0v) is 15.0. The molecule has 1 aromatic carbocycles. The summed E-state index contributed by atoms with van der Waals surface area (Å²) in [6.07, 6.45) is 0. The summed E-state index contributed by atoms with van der Waals surface area (Å²) in [6, 6.07) is 1.73. The van der Waals surface area contributed by atoms with Crippen molar-refractivity contribution in [2.24, 2.45) is 0 Å². The van der Waals surface area contributed by atoms with Crippen molar-refractivity contribution < 1.29 is 14.3 Å². The van der Waals surface area contributed by atoms with Gasteiger partial charge in [0.05, 0.1) is 10.0 Å². The highest BCUT2D eigenvalue weighted by Crippen LogP contribution is 2.49. The van der Waals surface area contributed by atoms with Crippen LogP contribution in [-0.4, -0.2) is 9.79 Å².